The lowest BCUT2D eigenvalue weighted by Gasteiger charge is -2.09. The molecular formula is C15H14ClN3OSi. The van der Waals surface area contributed by atoms with Crippen LogP contribution in [0.4, 0.5) is 5.69 Å². The van der Waals surface area contributed by atoms with Gasteiger partial charge in [0.05, 0.1) is 22.3 Å². The highest BCUT2D eigenvalue weighted by molar-refractivity contribution is 6.83. The van der Waals surface area contributed by atoms with E-state index in [9.17, 15) is 4.79 Å². The fraction of sp³-hybridized carbons (Fsp3) is 0.267. The maximum absolute atomic E-state index is 11.6. The highest BCUT2D eigenvalue weighted by atomic mass is 35.5. The molecule has 106 valence electrons. The molecule has 0 aliphatic heterocycles. The van der Waals surface area contributed by atoms with Crippen LogP contribution in [0.25, 0.3) is 0 Å². The summed E-state index contributed by atoms with van der Waals surface area (Å²) in [5.41, 5.74) is 4.43. The highest BCUT2D eigenvalue weighted by Gasteiger charge is 2.12. The number of amides is 1. The number of nitriles is 2. The zero-order valence-electron chi connectivity index (χ0n) is 12.0. The second-order valence-electron chi connectivity index (χ2n) is 5.37. The van der Waals surface area contributed by atoms with Gasteiger partial charge in [-0.25, -0.2) is 0 Å². The van der Waals surface area contributed by atoms with Crippen LogP contribution in [-0.4, -0.2) is 14.0 Å². The minimum Gasteiger partial charge on any atom is -0.324 e. The summed E-state index contributed by atoms with van der Waals surface area (Å²) in [5, 5.41) is 20.4. The largest absolute Gasteiger partial charge is 0.324 e. The van der Waals surface area contributed by atoms with Gasteiger partial charge < -0.3 is 5.32 Å². The van der Waals surface area contributed by atoms with Gasteiger partial charge in [0.15, 0.2) is 0 Å². The molecule has 0 saturated carbocycles. The fourth-order valence-electron chi connectivity index (χ4n) is 1.39. The first kappa shape index (κ1) is 16.8. The van der Waals surface area contributed by atoms with Gasteiger partial charge in [0.1, 0.15) is 20.6 Å². The Kier molecular flexibility index (Phi) is 5.56. The number of halogens is 1. The van der Waals surface area contributed by atoms with E-state index in [-0.39, 0.29) is 11.4 Å². The standard InChI is InChI=1S/C15H14ClN3OSi/c1-21(2,3)7-5-11-8-12(10-18)13(16)9-14(11)19-15(20)4-6-17/h8-9H,4H2,1-3H3,(H,19,20). The van der Waals surface area contributed by atoms with Gasteiger partial charge in [0.25, 0.3) is 0 Å². The van der Waals surface area contributed by atoms with Crippen molar-refractivity contribution in [2.75, 3.05) is 5.32 Å². The van der Waals surface area contributed by atoms with Crippen molar-refractivity contribution in [1.82, 2.24) is 0 Å². The van der Waals surface area contributed by atoms with E-state index in [1.807, 2.05) is 6.07 Å². The monoisotopic (exact) mass is 315 g/mol. The molecular weight excluding hydrogens is 302 g/mol. The Bertz CT molecular complexity index is 712. The van der Waals surface area contributed by atoms with E-state index in [0.717, 1.165) is 0 Å². The molecule has 0 atom stereocenters. The van der Waals surface area contributed by atoms with Crippen molar-refractivity contribution < 1.29 is 4.79 Å². The maximum Gasteiger partial charge on any atom is 0.238 e. The number of carbonyl (C=O) groups excluding carboxylic acids is 1. The summed E-state index contributed by atoms with van der Waals surface area (Å²) in [6.45, 7) is 6.28. The van der Waals surface area contributed by atoms with Gasteiger partial charge in [-0.1, -0.05) is 37.2 Å². The SMILES string of the molecule is C[Si](C)(C)C#Cc1cc(C#N)c(Cl)cc1NC(=O)CC#N. The third-order valence-electron chi connectivity index (χ3n) is 2.31. The number of nitrogens with one attached hydrogen (secondary N) is 1. The molecule has 1 aromatic rings. The zero-order valence-corrected chi connectivity index (χ0v) is 13.8. The van der Waals surface area contributed by atoms with Crippen molar-refractivity contribution in [3.8, 4) is 23.6 Å². The van der Waals surface area contributed by atoms with Crippen LogP contribution in [0.3, 0.4) is 0 Å². The molecule has 1 aromatic carbocycles. The molecule has 0 aromatic heterocycles. The molecule has 0 bridgehead atoms. The Morgan fingerprint density at radius 1 is 1.29 bits per heavy atom. The molecule has 0 aliphatic carbocycles. The number of benzene rings is 1. The zero-order chi connectivity index (χ0) is 16.0. The summed E-state index contributed by atoms with van der Waals surface area (Å²) < 4.78 is 0. The minimum atomic E-state index is -1.60. The quantitative estimate of drug-likeness (QED) is 0.672. The average molecular weight is 316 g/mol. The van der Waals surface area contributed by atoms with Crippen molar-refractivity contribution in [3.63, 3.8) is 0 Å². The van der Waals surface area contributed by atoms with Gasteiger partial charge in [0.2, 0.25) is 5.91 Å². The van der Waals surface area contributed by atoms with Gasteiger partial charge in [0, 0.05) is 5.56 Å². The molecule has 4 nitrogen and oxygen atoms in total. The van der Waals surface area contributed by atoms with Crippen molar-refractivity contribution in [3.05, 3.63) is 28.3 Å². The second kappa shape index (κ2) is 6.95. The lowest BCUT2D eigenvalue weighted by atomic mass is 10.1. The van der Waals surface area contributed by atoms with E-state index >= 15 is 0 Å². The van der Waals surface area contributed by atoms with E-state index in [4.69, 9.17) is 22.1 Å². The summed E-state index contributed by atoms with van der Waals surface area (Å²) in [6.07, 6.45) is -0.251. The molecule has 1 amide bonds. The van der Waals surface area contributed by atoms with Gasteiger partial charge in [-0.15, -0.1) is 5.54 Å². The highest BCUT2D eigenvalue weighted by Crippen LogP contribution is 2.25. The maximum atomic E-state index is 11.6. The third kappa shape index (κ3) is 5.32. The van der Waals surface area contributed by atoms with Crippen LogP contribution in [0.15, 0.2) is 12.1 Å². The predicted octanol–water partition coefficient (Wildman–Crippen LogP) is 3.29. The van der Waals surface area contributed by atoms with Crippen LogP contribution in [0.1, 0.15) is 17.5 Å². The Morgan fingerprint density at radius 2 is 1.95 bits per heavy atom. The Labute approximate surface area is 130 Å². The molecule has 1 rings (SSSR count). The Hall–Kier alpha value is -2.26. The van der Waals surface area contributed by atoms with E-state index in [2.05, 4.69) is 36.4 Å². The van der Waals surface area contributed by atoms with Gasteiger partial charge in [-0.3, -0.25) is 4.79 Å². The van der Waals surface area contributed by atoms with Crippen LogP contribution >= 0.6 is 11.6 Å². The van der Waals surface area contributed by atoms with Crippen LogP contribution < -0.4 is 5.32 Å². The molecule has 0 unspecified atom stereocenters. The molecule has 0 spiro atoms. The normalized spacial score (nSPS) is 9.81. The lowest BCUT2D eigenvalue weighted by molar-refractivity contribution is -0.115. The van der Waals surface area contributed by atoms with Crippen LogP contribution in [0, 0.1) is 34.1 Å². The number of anilines is 1. The van der Waals surface area contributed by atoms with Crippen molar-refractivity contribution >= 4 is 31.3 Å². The summed E-state index contributed by atoms with van der Waals surface area (Å²) >= 11 is 5.97. The molecule has 0 saturated heterocycles. The van der Waals surface area contributed by atoms with E-state index < -0.39 is 14.0 Å². The van der Waals surface area contributed by atoms with Gasteiger partial charge in [-0.2, -0.15) is 10.5 Å². The first-order valence-corrected chi connectivity index (χ1v) is 10.1. The van der Waals surface area contributed by atoms with Crippen LogP contribution in [-0.2, 0) is 4.79 Å². The lowest BCUT2D eigenvalue weighted by Crippen LogP contribution is -2.16. The molecule has 1 N–H and O–H groups in total. The summed E-state index contributed by atoms with van der Waals surface area (Å²) in [6, 6.07) is 6.80. The van der Waals surface area contributed by atoms with E-state index in [0.29, 0.717) is 16.8 Å². The summed E-state index contributed by atoms with van der Waals surface area (Å²) in [4.78, 5) is 11.6. The van der Waals surface area contributed by atoms with Crippen LogP contribution in [0.5, 0.6) is 0 Å². The molecule has 6 heteroatoms. The first-order chi connectivity index (χ1) is 9.76. The fourth-order valence-corrected chi connectivity index (χ4v) is 2.10. The summed E-state index contributed by atoms with van der Waals surface area (Å²) in [7, 11) is -1.60. The third-order valence-corrected chi connectivity index (χ3v) is 3.50. The number of hydrogen-bond acceptors (Lipinski definition) is 3. The minimum absolute atomic E-state index is 0.239. The van der Waals surface area contributed by atoms with Crippen molar-refractivity contribution in [2.24, 2.45) is 0 Å². The first-order valence-electron chi connectivity index (χ1n) is 6.20. The number of rotatable bonds is 2. The Balaban J connectivity index is 3.31. The van der Waals surface area contributed by atoms with Gasteiger partial charge in [-0.05, 0) is 12.1 Å². The van der Waals surface area contributed by atoms with E-state index in [1.54, 1.807) is 12.1 Å². The number of carbonyl (C=O) groups is 1. The molecule has 21 heavy (non-hydrogen) atoms. The Morgan fingerprint density at radius 3 is 2.48 bits per heavy atom. The number of hydrogen-bond donors (Lipinski definition) is 1. The summed E-state index contributed by atoms with van der Waals surface area (Å²) in [5.74, 6) is 2.57. The van der Waals surface area contributed by atoms with Crippen molar-refractivity contribution in [2.45, 2.75) is 26.1 Å². The predicted molar refractivity (Wildman–Crippen MR) is 85.3 cm³/mol. The smallest absolute Gasteiger partial charge is 0.238 e. The molecule has 0 fully saturated rings. The average Bonchev–Trinajstić information content (AvgIpc) is 2.37. The van der Waals surface area contributed by atoms with Crippen LogP contribution in [0.2, 0.25) is 24.7 Å². The molecule has 0 aliphatic rings. The molecule has 0 radical (unpaired) electrons. The second-order valence-corrected chi connectivity index (χ2v) is 10.5. The van der Waals surface area contributed by atoms with E-state index in [1.165, 1.54) is 6.07 Å². The van der Waals surface area contributed by atoms with Gasteiger partial charge >= 0.3 is 0 Å². The molecule has 0 heterocycles. The number of nitrogens with zero attached hydrogens (tertiary/aromatic N) is 2. The van der Waals surface area contributed by atoms with Crippen molar-refractivity contribution in [1.29, 1.82) is 10.5 Å². The topological polar surface area (TPSA) is 76.7 Å².